The third-order valence-electron chi connectivity index (χ3n) is 4.87. The number of anilines is 1. The Hall–Kier alpha value is -2.04. The van der Waals surface area contributed by atoms with Gasteiger partial charge >= 0.3 is 11.9 Å². The van der Waals surface area contributed by atoms with Crippen molar-refractivity contribution in [2.75, 3.05) is 25.1 Å². The third kappa shape index (κ3) is 10.3. The van der Waals surface area contributed by atoms with Gasteiger partial charge < -0.3 is 14.8 Å². The maximum atomic E-state index is 12.2. The summed E-state index contributed by atoms with van der Waals surface area (Å²) >= 11 is 0. The summed E-state index contributed by atoms with van der Waals surface area (Å²) in [4.78, 5) is 24.3. The van der Waals surface area contributed by atoms with Crippen LogP contribution in [0.15, 0.2) is 18.2 Å². The normalized spacial score (nSPS) is 10.6. The number of esters is 2. The number of hydrogen-bond donors (Lipinski definition) is 1. The maximum absolute atomic E-state index is 12.2. The first-order chi connectivity index (χ1) is 14.1. The molecule has 0 aliphatic rings. The summed E-state index contributed by atoms with van der Waals surface area (Å²) in [6.45, 7) is 7.11. The van der Waals surface area contributed by atoms with Gasteiger partial charge in [0.15, 0.2) is 0 Å². The number of nitrogens with one attached hydrogen (secondary N) is 1. The van der Waals surface area contributed by atoms with E-state index in [-0.39, 0.29) is 24.3 Å². The third-order valence-corrected chi connectivity index (χ3v) is 4.87. The lowest BCUT2D eigenvalue weighted by Gasteiger charge is -2.12. The van der Waals surface area contributed by atoms with Crippen LogP contribution in [0.3, 0.4) is 0 Å². The highest BCUT2D eigenvalue weighted by atomic mass is 16.5. The molecule has 0 spiro atoms. The molecule has 1 aromatic rings. The van der Waals surface area contributed by atoms with E-state index in [1.165, 1.54) is 57.8 Å². The lowest BCUT2D eigenvalue weighted by molar-refractivity contribution is 0.0479. The second-order valence-electron chi connectivity index (χ2n) is 7.31. The van der Waals surface area contributed by atoms with Crippen LogP contribution in [0.25, 0.3) is 0 Å². The van der Waals surface area contributed by atoms with Crippen LogP contribution in [0.4, 0.5) is 5.69 Å². The van der Waals surface area contributed by atoms with E-state index >= 15 is 0 Å². The Morgan fingerprint density at radius 1 is 0.724 bits per heavy atom. The van der Waals surface area contributed by atoms with Gasteiger partial charge in [-0.2, -0.15) is 0 Å². The number of unbranched alkanes of at least 4 members (excludes halogenated alkanes) is 9. The molecule has 0 fully saturated rings. The van der Waals surface area contributed by atoms with Gasteiger partial charge in [0.2, 0.25) is 0 Å². The van der Waals surface area contributed by atoms with Crippen molar-refractivity contribution < 1.29 is 19.1 Å². The second-order valence-corrected chi connectivity index (χ2v) is 7.31. The van der Waals surface area contributed by atoms with E-state index in [0.717, 1.165) is 18.7 Å². The van der Waals surface area contributed by atoms with Crippen molar-refractivity contribution in [1.29, 1.82) is 0 Å². The highest BCUT2D eigenvalue weighted by Gasteiger charge is 2.19. The highest BCUT2D eigenvalue weighted by molar-refractivity contribution is 6.03. The predicted octanol–water partition coefficient (Wildman–Crippen LogP) is 6.37. The molecule has 0 heterocycles. The summed E-state index contributed by atoms with van der Waals surface area (Å²) in [6.07, 6.45) is 13.0. The van der Waals surface area contributed by atoms with Gasteiger partial charge in [-0.05, 0) is 38.5 Å². The fraction of sp³-hybridized carbons (Fsp3) is 0.667. The number of hydrogen-bond acceptors (Lipinski definition) is 5. The van der Waals surface area contributed by atoms with Gasteiger partial charge in [-0.3, -0.25) is 0 Å². The van der Waals surface area contributed by atoms with Gasteiger partial charge in [0.25, 0.3) is 0 Å². The van der Waals surface area contributed by atoms with Gasteiger partial charge in [0, 0.05) is 12.2 Å². The summed E-state index contributed by atoms with van der Waals surface area (Å²) in [5, 5.41) is 3.35. The van der Waals surface area contributed by atoms with Gasteiger partial charge in [-0.1, -0.05) is 64.7 Å². The molecular formula is C24H39NO4. The molecule has 0 saturated heterocycles. The van der Waals surface area contributed by atoms with Crippen LogP contribution in [0.5, 0.6) is 0 Å². The molecule has 0 aliphatic carbocycles. The zero-order valence-corrected chi connectivity index (χ0v) is 18.6. The van der Waals surface area contributed by atoms with Crippen molar-refractivity contribution in [2.45, 2.75) is 85.0 Å². The molecule has 0 aliphatic heterocycles. The van der Waals surface area contributed by atoms with Crippen LogP contribution in [0.2, 0.25) is 0 Å². The zero-order valence-electron chi connectivity index (χ0n) is 18.6. The smallest absolute Gasteiger partial charge is 0.339 e. The van der Waals surface area contributed by atoms with Crippen molar-refractivity contribution in [3.8, 4) is 0 Å². The van der Waals surface area contributed by atoms with Gasteiger partial charge in [-0.15, -0.1) is 0 Å². The molecular weight excluding hydrogens is 366 g/mol. The van der Waals surface area contributed by atoms with Crippen molar-refractivity contribution in [2.24, 2.45) is 0 Å². The Labute approximate surface area is 176 Å². The molecule has 0 aromatic heterocycles. The minimum Gasteiger partial charge on any atom is -0.462 e. The van der Waals surface area contributed by atoms with E-state index in [0.29, 0.717) is 0 Å². The first-order valence-corrected chi connectivity index (χ1v) is 11.4. The fourth-order valence-electron chi connectivity index (χ4n) is 3.26. The average molecular weight is 406 g/mol. The lowest BCUT2D eigenvalue weighted by Crippen LogP contribution is -2.15. The van der Waals surface area contributed by atoms with Crippen molar-refractivity contribution >= 4 is 17.6 Å². The fourth-order valence-corrected chi connectivity index (χ4v) is 3.26. The van der Waals surface area contributed by atoms with E-state index < -0.39 is 11.9 Å². The quantitative estimate of drug-likeness (QED) is 0.256. The zero-order chi connectivity index (χ0) is 21.3. The minimum absolute atomic E-state index is 0.245. The topological polar surface area (TPSA) is 64.6 Å². The largest absolute Gasteiger partial charge is 0.462 e. The highest BCUT2D eigenvalue weighted by Crippen LogP contribution is 2.19. The maximum Gasteiger partial charge on any atom is 0.339 e. The Bertz CT molecular complexity index is 601. The summed E-state index contributed by atoms with van der Waals surface area (Å²) in [7, 11) is 0. The molecule has 0 saturated carbocycles. The molecule has 29 heavy (non-hydrogen) atoms. The van der Waals surface area contributed by atoms with Crippen molar-refractivity contribution in [1.82, 2.24) is 0 Å². The van der Waals surface area contributed by atoms with Crippen LogP contribution >= 0.6 is 0 Å². The van der Waals surface area contributed by atoms with E-state index in [1.54, 1.807) is 26.0 Å². The number of carbonyl (C=O) groups excluding carboxylic acids is 2. The molecule has 1 aromatic carbocycles. The van der Waals surface area contributed by atoms with Crippen LogP contribution in [0.1, 0.15) is 106 Å². The molecule has 0 bridgehead atoms. The lowest BCUT2D eigenvalue weighted by atomic mass is 10.1. The Kier molecular flexibility index (Phi) is 13.6. The predicted molar refractivity (Wildman–Crippen MR) is 119 cm³/mol. The molecule has 5 nitrogen and oxygen atoms in total. The van der Waals surface area contributed by atoms with Crippen molar-refractivity contribution in [3.05, 3.63) is 29.3 Å². The minimum atomic E-state index is -0.503. The van der Waals surface area contributed by atoms with Crippen LogP contribution in [-0.4, -0.2) is 31.7 Å². The summed E-state index contributed by atoms with van der Waals surface area (Å²) in [6, 6.07) is 5.12. The number of rotatable bonds is 16. The van der Waals surface area contributed by atoms with E-state index in [4.69, 9.17) is 9.47 Å². The van der Waals surface area contributed by atoms with Crippen molar-refractivity contribution in [3.63, 3.8) is 0 Å². The molecule has 0 atom stereocenters. The number of benzene rings is 1. The first kappa shape index (κ1) is 25.0. The van der Waals surface area contributed by atoms with E-state index in [9.17, 15) is 9.59 Å². The number of carbonyl (C=O) groups is 2. The molecule has 1 N–H and O–H groups in total. The van der Waals surface area contributed by atoms with E-state index in [2.05, 4.69) is 12.2 Å². The molecule has 1 rings (SSSR count). The van der Waals surface area contributed by atoms with Crippen LogP contribution < -0.4 is 5.32 Å². The van der Waals surface area contributed by atoms with Gasteiger partial charge in [0.05, 0.1) is 24.3 Å². The molecule has 5 heteroatoms. The Balaban J connectivity index is 2.39. The summed E-state index contributed by atoms with van der Waals surface area (Å²) in [5.74, 6) is -1.00. The molecule has 164 valence electrons. The average Bonchev–Trinajstić information content (AvgIpc) is 2.72. The Morgan fingerprint density at radius 3 is 1.79 bits per heavy atom. The Morgan fingerprint density at radius 2 is 1.24 bits per heavy atom. The van der Waals surface area contributed by atoms with E-state index in [1.807, 2.05) is 6.07 Å². The summed E-state index contributed by atoms with van der Waals surface area (Å²) < 4.78 is 10.1. The van der Waals surface area contributed by atoms with Crippen LogP contribution in [0, 0.1) is 0 Å². The molecule has 0 radical (unpaired) electrons. The molecule has 0 unspecified atom stereocenters. The molecule has 0 amide bonds. The number of ether oxygens (including phenoxy) is 2. The first-order valence-electron chi connectivity index (χ1n) is 11.4. The SMILES string of the molecule is CCCCCCCCCCCCNc1ccc(C(=O)OCC)c(C(=O)OCC)c1. The monoisotopic (exact) mass is 405 g/mol. The van der Waals surface area contributed by atoms with Gasteiger partial charge in [0.1, 0.15) is 0 Å². The van der Waals surface area contributed by atoms with Crippen LogP contribution in [-0.2, 0) is 9.47 Å². The van der Waals surface area contributed by atoms with Gasteiger partial charge in [-0.25, -0.2) is 9.59 Å². The summed E-state index contributed by atoms with van der Waals surface area (Å²) in [5.41, 5.74) is 1.31. The standard InChI is InChI=1S/C24H39NO4/c1-4-7-8-9-10-11-12-13-14-15-18-25-20-16-17-21(23(26)28-5-2)22(19-20)24(27)29-6-3/h16-17,19,25H,4-15,18H2,1-3H3. The second kappa shape index (κ2) is 15.8.